The van der Waals surface area contributed by atoms with Gasteiger partial charge in [-0.25, -0.2) is 4.68 Å². The van der Waals surface area contributed by atoms with Gasteiger partial charge in [-0.3, -0.25) is 14.9 Å². The van der Waals surface area contributed by atoms with Gasteiger partial charge in [-0.2, -0.15) is 5.10 Å². The predicted molar refractivity (Wildman–Crippen MR) is 90.0 cm³/mol. The lowest BCUT2D eigenvalue weighted by Gasteiger charge is -2.18. The number of benzene rings is 1. The summed E-state index contributed by atoms with van der Waals surface area (Å²) in [5, 5.41) is 17.7. The van der Waals surface area contributed by atoms with E-state index < -0.39 is 4.92 Å². The highest BCUT2D eigenvalue weighted by molar-refractivity contribution is 5.94. The zero-order valence-corrected chi connectivity index (χ0v) is 13.7. The quantitative estimate of drug-likeness (QED) is 0.593. The standard InChI is InChI=1S/C16H21N5O3/c1-11(2)7-13(8-17)19-16(22)12-9-18-20(10-12)14-3-5-15(6-4-14)21(23)24/h3-6,9-11,13H,7-8,17H2,1-2H3,(H,19,22). The molecule has 0 aliphatic rings. The minimum atomic E-state index is -0.465. The topological polar surface area (TPSA) is 116 Å². The summed E-state index contributed by atoms with van der Waals surface area (Å²) in [6.07, 6.45) is 3.85. The zero-order chi connectivity index (χ0) is 17.7. The fraction of sp³-hybridized carbons (Fsp3) is 0.375. The van der Waals surface area contributed by atoms with Gasteiger partial charge < -0.3 is 11.1 Å². The van der Waals surface area contributed by atoms with E-state index >= 15 is 0 Å². The van der Waals surface area contributed by atoms with Gasteiger partial charge in [0.05, 0.1) is 22.4 Å². The number of carbonyl (C=O) groups excluding carboxylic acids is 1. The Morgan fingerprint density at radius 3 is 2.58 bits per heavy atom. The third kappa shape index (κ3) is 4.39. The maximum Gasteiger partial charge on any atom is 0.269 e. The van der Waals surface area contributed by atoms with Crippen LogP contribution in [0, 0.1) is 16.0 Å². The summed E-state index contributed by atoms with van der Waals surface area (Å²) in [5.41, 5.74) is 6.74. The average Bonchev–Trinajstić information content (AvgIpc) is 3.04. The van der Waals surface area contributed by atoms with Crippen LogP contribution in [-0.4, -0.2) is 33.2 Å². The molecule has 0 spiro atoms. The van der Waals surface area contributed by atoms with Gasteiger partial charge in [0.25, 0.3) is 11.6 Å². The predicted octanol–water partition coefficient (Wildman–Crippen LogP) is 1.88. The number of nitrogens with zero attached hydrogens (tertiary/aromatic N) is 3. The van der Waals surface area contributed by atoms with Crippen LogP contribution in [0.15, 0.2) is 36.7 Å². The van der Waals surface area contributed by atoms with Crippen molar-refractivity contribution in [2.45, 2.75) is 26.3 Å². The van der Waals surface area contributed by atoms with E-state index in [-0.39, 0.29) is 17.6 Å². The number of non-ortho nitro benzene ring substituents is 1. The molecule has 0 bridgehead atoms. The van der Waals surface area contributed by atoms with Crippen LogP contribution in [0.4, 0.5) is 5.69 Å². The number of hydrogen-bond donors (Lipinski definition) is 2. The summed E-state index contributed by atoms with van der Waals surface area (Å²) in [7, 11) is 0. The van der Waals surface area contributed by atoms with Crippen LogP contribution in [0.2, 0.25) is 0 Å². The van der Waals surface area contributed by atoms with Crippen LogP contribution in [0.1, 0.15) is 30.6 Å². The summed E-state index contributed by atoms with van der Waals surface area (Å²) in [6, 6.07) is 5.86. The molecule has 2 aromatic rings. The molecule has 1 atom stereocenters. The van der Waals surface area contributed by atoms with Crippen molar-refractivity contribution in [1.82, 2.24) is 15.1 Å². The Balaban J connectivity index is 2.09. The molecule has 1 heterocycles. The Morgan fingerprint density at radius 2 is 2.04 bits per heavy atom. The number of nitro benzene ring substituents is 1. The van der Waals surface area contributed by atoms with E-state index in [2.05, 4.69) is 24.3 Å². The maximum atomic E-state index is 12.3. The average molecular weight is 331 g/mol. The monoisotopic (exact) mass is 331 g/mol. The number of hydrogen-bond acceptors (Lipinski definition) is 5. The molecule has 8 heteroatoms. The van der Waals surface area contributed by atoms with Crippen LogP contribution in [0.25, 0.3) is 5.69 Å². The number of amides is 1. The first-order chi connectivity index (χ1) is 11.4. The van der Waals surface area contributed by atoms with Crippen LogP contribution in [0.3, 0.4) is 0 Å². The molecule has 3 N–H and O–H groups in total. The summed E-state index contributed by atoms with van der Waals surface area (Å²) < 4.78 is 1.50. The molecule has 0 saturated carbocycles. The molecule has 1 aromatic carbocycles. The van der Waals surface area contributed by atoms with Crippen molar-refractivity contribution in [2.24, 2.45) is 11.7 Å². The van der Waals surface area contributed by atoms with Crippen molar-refractivity contribution < 1.29 is 9.72 Å². The summed E-state index contributed by atoms with van der Waals surface area (Å²) in [5.74, 6) is 0.195. The van der Waals surface area contributed by atoms with Gasteiger partial charge in [0, 0.05) is 30.9 Å². The SMILES string of the molecule is CC(C)CC(CN)NC(=O)c1cnn(-c2ccc([N+](=O)[O-])cc2)c1. The molecular formula is C16H21N5O3. The second kappa shape index (κ2) is 7.69. The zero-order valence-electron chi connectivity index (χ0n) is 13.7. The van der Waals surface area contributed by atoms with Gasteiger partial charge in [-0.05, 0) is 24.5 Å². The summed E-state index contributed by atoms with van der Waals surface area (Å²) >= 11 is 0. The lowest BCUT2D eigenvalue weighted by atomic mass is 10.0. The third-order valence-corrected chi connectivity index (χ3v) is 3.55. The van der Waals surface area contributed by atoms with Crippen molar-refractivity contribution in [2.75, 3.05) is 6.54 Å². The molecule has 1 amide bonds. The van der Waals surface area contributed by atoms with E-state index in [0.29, 0.717) is 23.7 Å². The van der Waals surface area contributed by atoms with Crippen LogP contribution >= 0.6 is 0 Å². The Kier molecular flexibility index (Phi) is 5.64. The third-order valence-electron chi connectivity index (χ3n) is 3.55. The van der Waals surface area contributed by atoms with Gasteiger partial charge in [0.15, 0.2) is 0 Å². The molecule has 2 rings (SSSR count). The van der Waals surface area contributed by atoms with Crippen LogP contribution < -0.4 is 11.1 Å². The highest BCUT2D eigenvalue weighted by Crippen LogP contribution is 2.15. The Morgan fingerprint density at radius 1 is 1.38 bits per heavy atom. The first-order valence-electron chi connectivity index (χ1n) is 7.71. The second-order valence-electron chi connectivity index (χ2n) is 5.98. The minimum Gasteiger partial charge on any atom is -0.348 e. The normalized spacial score (nSPS) is 12.2. The number of nitrogens with two attached hydrogens (primary N) is 1. The fourth-order valence-corrected chi connectivity index (χ4v) is 2.36. The molecule has 128 valence electrons. The molecule has 8 nitrogen and oxygen atoms in total. The van der Waals surface area contributed by atoms with Crippen molar-refractivity contribution in [3.63, 3.8) is 0 Å². The minimum absolute atomic E-state index is 0.00310. The van der Waals surface area contributed by atoms with E-state index in [0.717, 1.165) is 6.42 Å². The van der Waals surface area contributed by atoms with Crippen molar-refractivity contribution in [3.8, 4) is 5.69 Å². The second-order valence-corrected chi connectivity index (χ2v) is 5.98. The molecule has 1 aromatic heterocycles. The number of rotatable bonds is 7. The summed E-state index contributed by atoms with van der Waals surface area (Å²) in [4.78, 5) is 22.5. The van der Waals surface area contributed by atoms with Crippen molar-refractivity contribution in [1.29, 1.82) is 0 Å². The van der Waals surface area contributed by atoms with Crippen molar-refractivity contribution >= 4 is 11.6 Å². The molecule has 0 fully saturated rings. The summed E-state index contributed by atoms with van der Waals surface area (Å²) in [6.45, 7) is 4.52. The largest absolute Gasteiger partial charge is 0.348 e. The number of nitrogens with one attached hydrogen (secondary N) is 1. The van der Waals surface area contributed by atoms with Gasteiger partial charge in [-0.1, -0.05) is 13.8 Å². The molecular weight excluding hydrogens is 310 g/mol. The Labute approximate surface area is 139 Å². The highest BCUT2D eigenvalue weighted by Gasteiger charge is 2.15. The highest BCUT2D eigenvalue weighted by atomic mass is 16.6. The lowest BCUT2D eigenvalue weighted by molar-refractivity contribution is -0.384. The van der Waals surface area contributed by atoms with Gasteiger partial charge in [0.1, 0.15) is 0 Å². The maximum absolute atomic E-state index is 12.3. The fourth-order valence-electron chi connectivity index (χ4n) is 2.36. The Hall–Kier alpha value is -2.74. The van der Waals surface area contributed by atoms with Crippen LogP contribution in [0.5, 0.6) is 0 Å². The Bertz CT molecular complexity index is 709. The van der Waals surface area contributed by atoms with Gasteiger partial charge >= 0.3 is 0 Å². The van der Waals surface area contributed by atoms with E-state index in [9.17, 15) is 14.9 Å². The molecule has 0 saturated heterocycles. The number of aromatic nitrogens is 2. The van der Waals surface area contributed by atoms with E-state index in [1.807, 2.05) is 0 Å². The first kappa shape index (κ1) is 17.6. The number of carbonyl (C=O) groups is 1. The smallest absolute Gasteiger partial charge is 0.269 e. The molecule has 1 unspecified atom stereocenters. The molecule has 0 radical (unpaired) electrons. The van der Waals surface area contributed by atoms with Crippen LogP contribution in [-0.2, 0) is 0 Å². The lowest BCUT2D eigenvalue weighted by Crippen LogP contribution is -2.40. The van der Waals surface area contributed by atoms with E-state index in [4.69, 9.17) is 5.73 Å². The van der Waals surface area contributed by atoms with Gasteiger partial charge in [-0.15, -0.1) is 0 Å². The van der Waals surface area contributed by atoms with E-state index in [1.54, 1.807) is 18.3 Å². The van der Waals surface area contributed by atoms with E-state index in [1.165, 1.54) is 23.0 Å². The molecule has 24 heavy (non-hydrogen) atoms. The molecule has 0 aliphatic heterocycles. The van der Waals surface area contributed by atoms with Crippen molar-refractivity contribution in [3.05, 3.63) is 52.3 Å². The first-order valence-corrected chi connectivity index (χ1v) is 7.71. The number of nitro groups is 1. The molecule has 0 aliphatic carbocycles. The van der Waals surface area contributed by atoms with Gasteiger partial charge in [0.2, 0.25) is 0 Å².